The number of hydrogen-bond acceptors (Lipinski definition) is 3. The molecule has 2 aromatic rings. The Morgan fingerprint density at radius 2 is 1.73 bits per heavy atom. The predicted molar refractivity (Wildman–Crippen MR) is 99.2 cm³/mol. The number of urea groups is 1. The molecular weight excluding hydrogens is 328 g/mol. The largest absolute Gasteiger partial charge is 0.457 e. The molecule has 0 spiro atoms. The molecule has 0 bridgehead atoms. The summed E-state index contributed by atoms with van der Waals surface area (Å²) in [5.41, 5.74) is 3.89. The molecule has 1 aliphatic rings. The van der Waals surface area contributed by atoms with Gasteiger partial charge in [0.2, 0.25) is 0 Å². The van der Waals surface area contributed by atoms with Gasteiger partial charge in [0.25, 0.3) is 0 Å². The van der Waals surface area contributed by atoms with Gasteiger partial charge in [-0.25, -0.2) is 9.59 Å². The summed E-state index contributed by atoms with van der Waals surface area (Å²) < 4.78 is 5.48. The fourth-order valence-corrected chi connectivity index (χ4v) is 2.96. The highest BCUT2D eigenvalue weighted by Gasteiger charge is 2.32. The van der Waals surface area contributed by atoms with Crippen molar-refractivity contribution in [2.75, 3.05) is 0 Å². The molecule has 0 saturated carbocycles. The second kappa shape index (κ2) is 7.87. The van der Waals surface area contributed by atoms with Crippen LogP contribution >= 0.6 is 0 Å². The van der Waals surface area contributed by atoms with Gasteiger partial charge in [-0.1, -0.05) is 61.5 Å². The lowest BCUT2D eigenvalue weighted by atomic mass is 9.94. The van der Waals surface area contributed by atoms with Crippen LogP contribution in [0.25, 0.3) is 0 Å². The third-order valence-electron chi connectivity index (χ3n) is 4.42. The summed E-state index contributed by atoms with van der Waals surface area (Å²) in [6, 6.07) is 16.5. The van der Waals surface area contributed by atoms with Gasteiger partial charge >= 0.3 is 12.0 Å². The number of carbonyl (C=O) groups excluding carboxylic acids is 2. The zero-order valence-electron chi connectivity index (χ0n) is 14.9. The van der Waals surface area contributed by atoms with E-state index in [0.717, 1.165) is 17.5 Å². The summed E-state index contributed by atoms with van der Waals surface area (Å²) in [5, 5.41) is 5.48. The zero-order chi connectivity index (χ0) is 18.5. The quantitative estimate of drug-likeness (QED) is 0.810. The van der Waals surface area contributed by atoms with Crippen molar-refractivity contribution in [1.82, 2.24) is 10.6 Å². The van der Waals surface area contributed by atoms with Gasteiger partial charge < -0.3 is 15.4 Å². The Morgan fingerprint density at radius 1 is 1.04 bits per heavy atom. The van der Waals surface area contributed by atoms with Crippen molar-refractivity contribution in [1.29, 1.82) is 0 Å². The number of nitrogens with one attached hydrogen (secondary N) is 2. The molecule has 3 rings (SSSR count). The first-order valence-electron chi connectivity index (χ1n) is 8.66. The standard InChI is InChI=1S/C21H22N2O3/c1-3-15-9-11-17(12-10-15)19-18(14(2)22-21(25)23-19)20(24)26-13-16-7-5-4-6-8-16/h4-12,19H,3,13H2,1-2H3,(H2,22,23,25)/t19-/m1/s1. The Kier molecular flexibility index (Phi) is 5.37. The molecule has 5 heteroatoms. The number of rotatable bonds is 5. The molecule has 0 fully saturated rings. The number of carbonyl (C=O) groups is 2. The smallest absolute Gasteiger partial charge is 0.338 e. The molecule has 0 radical (unpaired) electrons. The van der Waals surface area contributed by atoms with Crippen molar-refractivity contribution < 1.29 is 14.3 Å². The maximum Gasteiger partial charge on any atom is 0.338 e. The highest BCUT2D eigenvalue weighted by atomic mass is 16.5. The number of esters is 1. The molecule has 0 saturated heterocycles. The first-order chi connectivity index (χ1) is 12.6. The number of benzene rings is 2. The number of ether oxygens (including phenoxy) is 1. The van der Waals surface area contributed by atoms with Crippen molar-refractivity contribution >= 4 is 12.0 Å². The van der Waals surface area contributed by atoms with Crippen molar-refractivity contribution in [2.45, 2.75) is 32.9 Å². The maximum absolute atomic E-state index is 12.7. The molecule has 134 valence electrons. The lowest BCUT2D eigenvalue weighted by molar-refractivity contribution is -0.140. The van der Waals surface area contributed by atoms with E-state index in [9.17, 15) is 9.59 Å². The number of hydrogen-bond donors (Lipinski definition) is 2. The highest BCUT2D eigenvalue weighted by molar-refractivity contribution is 5.95. The Morgan fingerprint density at radius 3 is 2.38 bits per heavy atom. The molecule has 1 atom stereocenters. The molecule has 0 unspecified atom stereocenters. The summed E-state index contributed by atoms with van der Waals surface area (Å²) in [5.74, 6) is -0.441. The van der Waals surface area contributed by atoms with Crippen molar-refractivity contribution in [3.8, 4) is 0 Å². The SMILES string of the molecule is CCc1ccc([C@H]2NC(=O)NC(C)=C2C(=O)OCc2ccccc2)cc1. The van der Waals surface area contributed by atoms with Crippen molar-refractivity contribution in [3.05, 3.63) is 82.6 Å². The molecule has 1 aliphatic heterocycles. The van der Waals surface area contributed by atoms with Gasteiger partial charge in [0.05, 0.1) is 11.6 Å². The maximum atomic E-state index is 12.7. The Bertz CT molecular complexity index is 826. The van der Waals surface area contributed by atoms with E-state index in [1.54, 1.807) is 6.92 Å². The second-order valence-corrected chi connectivity index (χ2v) is 6.23. The minimum Gasteiger partial charge on any atom is -0.457 e. The van der Waals surface area contributed by atoms with E-state index in [2.05, 4.69) is 17.6 Å². The summed E-state index contributed by atoms with van der Waals surface area (Å²) in [7, 11) is 0. The zero-order valence-corrected chi connectivity index (χ0v) is 14.9. The minimum absolute atomic E-state index is 0.186. The van der Waals surface area contributed by atoms with Crippen LogP contribution in [0.15, 0.2) is 65.9 Å². The topological polar surface area (TPSA) is 67.4 Å². The van der Waals surface area contributed by atoms with Crippen LogP contribution in [-0.4, -0.2) is 12.0 Å². The molecule has 0 aromatic heterocycles. The molecule has 2 N–H and O–H groups in total. The molecule has 5 nitrogen and oxygen atoms in total. The molecular formula is C21H22N2O3. The summed E-state index contributed by atoms with van der Waals surface area (Å²) in [4.78, 5) is 24.6. The van der Waals surface area contributed by atoms with Gasteiger partial charge in [0.1, 0.15) is 6.61 Å². The van der Waals surface area contributed by atoms with Crippen LogP contribution in [0.4, 0.5) is 4.79 Å². The summed E-state index contributed by atoms with van der Waals surface area (Å²) >= 11 is 0. The Hall–Kier alpha value is -3.08. The number of aryl methyl sites for hydroxylation is 1. The number of amides is 2. The Balaban J connectivity index is 1.83. The fourth-order valence-electron chi connectivity index (χ4n) is 2.96. The third kappa shape index (κ3) is 3.94. The van der Waals surface area contributed by atoms with Crippen LogP contribution in [0.1, 0.15) is 36.6 Å². The molecule has 1 heterocycles. The number of allylic oxidation sites excluding steroid dienone is 1. The first kappa shape index (κ1) is 17.7. The van der Waals surface area contributed by atoms with Gasteiger partial charge in [0.15, 0.2) is 0 Å². The average molecular weight is 350 g/mol. The van der Waals surface area contributed by atoms with Crippen LogP contribution in [0.5, 0.6) is 0 Å². The molecule has 26 heavy (non-hydrogen) atoms. The van der Waals surface area contributed by atoms with E-state index in [0.29, 0.717) is 11.3 Å². The lowest BCUT2D eigenvalue weighted by Crippen LogP contribution is -2.45. The molecule has 2 aromatic carbocycles. The molecule has 2 amide bonds. The van der Waals surface area contributed by atoms with E-state index in [1.165, 1.54) is 5.56 Å². The Labute approximate surface area is 153 Å². The first-order valence-corrected chi connectivity index (χ1v) is 8.66. The van der Waals surface area contributed by atoms with E-state index in [1.807, 2.05) is 54.6 Å². The van der Waals surface area contributed by atoms with Gasteiger partial charge in [-0.15, -0.1) is 0 Å². The second-order valence-electron chi connectivity index (χ2n) is 6.23. The lowest BCUT2D eigenvalue weighted by Gasteiger charge is -2.28. The highest BCUT2D eigenvalue weighted by Crippen LogP contribution is 2.28. The van der Waals surface area contributed by atoms with Crippen LogP contribution in [-0.2, 0) is 22.6 Å². The average Bonchev–Trinajstić information content (AvgIpc) is 2.66. The predicted octanol–water partition coefficient (Wildman–Crippen LogP) is 3.62. The fraction of sp³-hybridized carbons (Fsp3) is 0.238. The van der Waals surface area contributed by atoms with E-state index in [4.69, 9.17) is 4.74 Å². The van der Waals surface area contributed by atoms with Crippen LogP contribution in [0, 0.1) is 0 Å². The van der Waals surface area contributed by atoms with Gasteiger partial charge in [-0.2, -0.15) is 0 Å². The monoisotopic (exact) mass is 350 g/mol. The van der Waals surface area contributed by atoms with Crippen LogP contribution in [0.3, 0.4) is 0 Å². The summed E-state index contributed by atoms with van der Waals surface area (Å²) in [6.07, 6.45) is 0.930. The summed E-state index contributed by atoms with van der Waals surface area (Å²) in [6.45, 7) is 3.98. The normalized spacial score (nSPS) is 16.7. The van der Waals surface area contributed by atoms with E-state index >= 15 is 0 Å². The molecule has 0 aliphatic carbocycles. The van der Waals surface area contributed by atoms with Crippen molar-refractivity contribution in [3.63, 3.8) is 0 Å². The van der Waals surface area contributed by atoms with Crippen molar-refractivity contribution in [2.24, 2.45) is 0 Å². The van der Waals surface area contributed by atoms with E-state index in [-0.39, 0.29) is 12.6 Å². The van der Waals surface area contributed by atoms with Gasteiger partial charge in [-0.3, -0.25) is 0 Å². The van der Waals surface area contributed by atoms with E-state index < -0.39 is 12.0 Å². The minimum atomic E-state index is -0.530. The van der Waals surface area contributed by atoms with Crippen LogP contribution in [0.2, 0.25) is 0 Å². The van der Waals surface area contributed by atoms with Gasteiger partial charge in [-0.05, 0) is 30.0 Å². The van der Waals surface area contributed by atoms with Crippen LogP contribution < -0.4 is 10.6 Å². The third-order valence-corrected chi connectivity index (χ3v) is 4.42. The van der Waals surface area contributed by atoms with Gasteiger partial charge in [0, 0.05) is 5.70 Å².